The van der Waals surface area contributed by atoms with Gasteiger partial charge in [0.15, 0.2) is 0 Å². The van der Waals surface area contributed by atoms with E-state index in [0.29, 0.717) is 6.04 Å². The molecule has 0 aliphatic carbocycles. The van der Waals surface area contributed by atoms with Crippen molar-refractivity contribution in [2.45, 2.75) is 90.8 Å². The monoisotopic (exact) mass is 254 g/mol. The third-order valence-electron chi connectivity index (χ3n) is 4.42. The van der Waals surface area contributed by atoms with Gasteiger partial charge in [0, 0.05) is 18.1 Å². The molecule has 2 nitrogen and oxygen atoms in total. The predicted octanol–water partition coefficient (Wildman–Crippen LogP) is 3.81. The molecule has 0 aromatic heterocycles. The molecular formula is C16H34N2. The van der Waals surface area contributed by atoms with Crippen molar-refractivity contribution in [1.82, 2.24) is 10.2 Å². The second-order valence-corrected chi connectivity index (χ2v) is 6.22. The van der Waals surface area contributed by atoms with Crippen LogP contribution in [0.3, 0.4) is 0 Å². The van der Waals surface area contributed by atoms with Crippen LogP contribution in [-0.2, 0) is 0 Å². The van der Waals surface area contributed by atoms with Crippen LogP contribution in [0.2, 0.25) is 0 Å². The molecular weight excluding hydrogens is 220 g/mol. The van der Waals surface area contributed by atoms with Crippen molar-refractivity contribution < 1.29 is 0 Å². The Bertz CT molecular complexity index is 195. The van der Waals surface area contributed by atoms with E-state index in [2.05, 4.69) is 37.9 Å². The molecule has 1 aliphatic heterocycles. The first-order valence-electron chi connectivity index (χ1n) is 8.14. The first-order chi connectivity index (χ1) is 8.65. The Kier molecular flexibility index (Phi) is 7.92. The number of hydrogen-bond donors (Lipinski definition) is 1. The van der Waals surface area contributed by atoms with Crippen molar-refractivity contribution in [2.75, 3.05) is 13.1 Å². The average molecular weight is 254 g/mol. The quantitative estimate of drug-likeness (QED) is 0.663. The van der Waals surface area contributed by atoms with Crippen LogP contribution in [0.25, 0.3) is 0 Å². The zero-order chi connectivity index (χ0) is 13.4. The van der Waals surface area contributed by atoms with Crippen LogP contribution in [0, 0.1) is 0 Å². The van der Waals surface area contributed by atoms with Crippen LogP contribution in [0.1, 0.15) is 72.6 Å². The number of unbranched alkanes of at least 4 members (excludes halogenated alkanes) is 1. The van der Waals surface area contributed by atoms with Crippen molar-refractivity contribution in [1.29, 1.82) is 0 Å². The lowest BCUT2D eigenvalue weighted by molar-refractivity contribution is 0.101. The lowest BCUT2D eigenvalue weighted by Crippen LogP contribution is -2.44. The number of nitrogens with one attached hydrogen (secondary N) is 1. The number of likely N-dealkylation sites (tertiary alicyclic amines) is 1. The minimum Gasteiger partial charge on any atom is -0.314 e. The van der Waals surface area contributed by atoms with Crippen LogP contribution in [0.4, 0.5) is 0 Å². The molecule has 3 unspecified atom stereocenters. The van der Waals surface area contributed by atoms with Crippen LogP contribution < -0.4 is 5.32 Å². The maximum absolute atomic E-state index is 3.57. The van der Waals surface area contributed by atoms with Gasteiger partial charge in [-0.2, -0.15) is 0 Å². The molecule has 0 bridgehead atoms. The summed E-state index contributed by atoms with van der Waals surface area (Å²) in [6.07, 6.45) is 9.54. The molecule has 3 atom stereocenters. The molecule has 0 aromatic carbocycles. The number of piperidine rings is 1. The summed E-state index contributed by atoms with van der Waals surface area (Å²) < 4.78 is 0. The van der Waals surface area contributed by atoms with Gasteiger partial charge in [-0.05, 0) is 66.0 Å². The lowest BCUT2D eigenvalue weighted by Gasteiger charge is -2.39. The Morgan fingerprint density at radius 3 is 2.44 bits per heavy atom. The molecule has 1 saturated heterocycles. The van der Waals surface area contributed by atoms with Gasteiger partial charge < -0.3 is 5.32 Å². The van der Waals surface area contributed by atoms with Crippen molar-refractivity contribution in [3.63, 3.8) is 0 Å². The zero-order valence-electron chi connectivity index (χ0n) is 13.0. The Balaban J connectivity index is 2.09. The molecule has 0 spiro atoms. The van der Waals surface area contributed by atoms with Gasteiger partial charge in [-0.15, -0.1) is 0 Å². The molecule has 0 radical (unpaired) electrons. The molecule has 0 aromatic rings. The van der Waals surface area contributed by atoms with E-state index in [1.165, 1.54) is 58.0 Å². The molecule has 1 rings (SSSR count). The summed E-state index contributed by atoms with van der Waals surface area (Å²) in [4.78, 5) is 2.73. The fraction of sp³-hybridized carbons (Fsp3) is 1.00. The Morgan fingerprint density at radius 2 is 1.83 bits per heavy atom. The summed E-state index contributed by atoms with van der Waals surface area (Å²) in [6, 6.07) is 2.31. The summed E-state index contributed by atoms with van der Waals surface area (Å²) in [7, 11) is 0. The predicted molar refractivity (Wildman–Crippen MR) is 81.1 cm³/mol. The van der Waals surface area contributed by atoms with E-state index in [0.717, 1.165) is 12.1 Å². The van der Waals surface area contributed by atoms with E-state index in [9.17, 15) is 0 Å². The van der Waals surface area contributed by atoms with Gasteiger partial charge in [-0.25, -0.2) is 0 Å². The molecule has 108 valence electrons. The van der Waals surface area contributed by atoms with E-state index >= 15 is 0 Å². The maximum Gasteiger partial charge on any atom is 0.00697 e. The van der Waals surface area contributed by atoms with Gasteiger partial charge in [0.25, 0.3) is 0 Å². The van der Waals surface area contributed by atoms with Crippen molar-refractivity contribution >= 4 is 0 Å². The van der Waals surface area contributed by atoms with E-state index in [1.807, 2.05) is 0 Å². The van der Waals surface area contributed by atoms with Gasteiger partial charge in [0.2, 0.25) is 0 Å². The maximum atomic E-state index is 3.57. The van der Waals surface area contributed by atoms with Crippen LogP contribution in [0.15, 0.2) is 0 Å². The Labute approximate surface area is 115 Å². The largest absolute Gasteiger partial charge is 0.314 e. The number of nitrogens with zero attached hydrogens (tertiary/aromatic N) is 1. The second kappa shape index (κ2) is 8.92. The molecule has 0 amide bonds. The summed E-state index contributed by atoms with van der Waals surface area (Å²) in [6.45, 7) is 11.8. The van der Waals surface area contributed by atoms with Gasteiger partial charge >= 0.3 is 0 Å². The summed E-state index contributed by atoms with van der Waals surface area (Å²) in [5, 5.41) is 3.57. The SMILES string of the molecule is CCCNC(C)CCCCN1C(C)CCCC1C. The van der Waals surface area contributed by atoms with Crippen molar-refractivity contribution in [2.24, 2.45) is 0 Å². The fourth-order valence-corrected chi connectivity index (χ4v) is 3.15. The molecule has 18 heavy (non-hydrogen) atoms. The third kappa shape index (κ3) is 5.71. The summed E-state index contributed by atoms with van der Waals surface area (Å²) in [5.41, 5.74) is 0. The topological polar surface area (TPSA) is 15.3 Å². The smallest absolute Gasteiger partial charge is 0.00697 e. The fourth-order valence-electron chi connectivity index (χ4n) is 3.15. The van der Waals surface area contributed by atoms with Gasteiger partial charge in [-0.1, -0.05) is 19.8 Å². The van der Waals surface area contributed by atoms with E-state index in [-0.39, 0.29) is 0 Å². The first kappa shape index (κ1) is 16.0. The molecule has 2 heteroatoms. The molecule has 1 N–H and O–H groups in total. The number of rotatable bonds is 8. The summed E-state index contributed by atoms with van der Waals surface area (Å²) >= 11 is 0. The Hall–Kier alpha value is -0.0800. The Morgan fingerprint density at radius 1 is 1.17 bits per heavy atom. The molecule has 1 aliphatic rings. The van der Waals surface area contributed by atoms with Crippen LogP contribution in [0.5, 0.6) is 0 Å². The molecule has 0 saturated carbocycles. The highest BCUT2D eigenvalue weighted by molar-refractivity contribution is 4.79. The highest BCUT2D eigenvalue weighted by Gasteiger charge is 2.23. The molecule has 1 heterocycles. The van der Waals surface area contributed by atoms with E-state index in [4.69, 9.17) is 0 Å². The van der Waals surface area contributed by atoms with Crippen LogP contribution in [-0.4, -0.2) is 36.1 Å². The van der Waals surface area contributed by atoms with Gasteiger partial charge in [-0.3, -0.25) is 4.90 Å². The number of hydrogen-bond acceptors (Lipinski definition) is 2. The minimum atomic E-state index is 0.696. The van der Waals surface area contributed by atoms with Gasteiger partial charge in [0.05, 0.1) is 0 Å². The molecule has 1 fully saturated rings. The minimum absolute atomic E-state index is 0.696. The standard InChI is InChI=1S/C16H34N2/c1-5-12-17-14(2)9-6-7-13-18-15(3)10-8-11-16(18)4/h14-17H,5-13H2,1-4H3. The van der Waals surface area contributed by atoms with Crippen molar-refractivity contribution in [3.05, 3.63) is 0 Å². The first-order valence-corrected chi connectivity index (χ1v) is 8.14. The van der Waals surface area contributed by atoms with Crippen molar-refractivity contribution in [3.8, 4) is 0 Å². The van der Waals surface area contributed by atoms with Crippen LogP contribution >= 0.6 is 0 Å². The lowest BCUT2D eigenvalue weighted by atomic mass is 9.97. The highest BCUT2D eigenvalue weighted by Crippen LogP contribution is 2.22. The summed E-state index contributed by atoms with van der Waals surface area (Å²) in [5.74, 6) is 0. The zero-order valence-corrected chi connectivity index (χ0v) is 13.0. The van der Waals surface area contributed by atoms with E-state index in [1.54, 1.807) is 0 Å². The third-order valence-corrected chi connectivity index (χ3v) is 4.42. The van der Waals surface area contributed by atoms with E-state index < -0.39 is 0 Å². The highest BCUT2D eigenvalue weighted by atomic mass is 15.2. The van der Waals surface area contributed by atoms with Gasteiger partial charge in [0.1, 0.15) is 0 Å². The normalized spacial score (nSPS) is 27.3. The second-order valence-electron chi connectivity index (χ2n) is 6.22. The average Bonchev–Trinajstić information content (AvgIpc) is 2.35.